The number of carbonyl (C=O) groups is 1. The highest BCUT2D eigenvalue weighted by Gasteiger charge is 2.64. The summed E-state index contributed by atoms with van der Waals surface area (Å²) in [6.45, 7) is 10.0. The monoisotopic (exact) mass is 411 g/mol. The maximum absolute atomic E-state index is 12.8. The first kappa shape index (κ1) is 22.5. The van der Waals surface area contributed by atoms with Crippen molar-refractivity contribution in [2.45, 2.75) is 82.8 Å². The Kier molecular flexibility index (Phi) is 6.93. The minimum atomic E-state index is -0.504. The van der Waals surface area contributed by atoms with Gasteiger partial charge in [-0.3, -0.25) is 0 Å². The fourth-order valence-corrected chi connectivity index (χ4v) is 5.06. The number of methoxy groups -OCH3 is 1. The molecule has 1 saturated carbocycles. The number of carbonyl (C=O) groups excluding carboxylic acids is 1. The van der Waals surface area contributed by atoms with Crippen molar-refractivity contribution in [1.29, 1.82) is 0 Å². The molecule has 3 fully saturated rings. The third kappa shape index (κ3) is 4.79. The lowest BCUT2D eigenvalue weighted by Crippen LogP contribution is -2.59. The molecular formula is C22H37NO6. The largest absolute Gasteiger partial charge is 0.443 e. The summed E-state index contributed by atoms with van der Waals surface area (Å²) in [7, 11) is 1.67. The lowest BCUT2D eigenvalue weighted by atomic mass is 9.68. The average molecular weight is 412 g/mol. The Labute approximate surface area is 174 Å². The maximum atomic E-state index is 12.8. The van der Waals surface area contributed by atoms with Gasteiger partial charge in [0.2, 0.25) is 0 Å². The van der Waals surface area contributed by atoms with Crippen molar-refractivity contribution in [1.82, 2.24) is 4.90 Å². The van der Waals surface area contributed by atoms with Crippen molar-refractivity contribution < 1.29 is 28.8 Å². The summed E-state index contributed by atoms with van der Waals surface area (Å²) in [5.74, 6) is -0.0515. The Morgan fingerprint density at radius 1 is 1.34 bits per heavy atom. The van der Waals surface area contributed by atoms with Gasteiger partial charge in [-0.25, -0.2) is 4.79 Å². The Hall–Kier alpha value is -1.15. The molecule has 5 atom stereocenters. The van der Waals surface area contributed by atoms with Crippen LogP contribution in [0.3, 0.4) is 0 Å². The number of aliphatic hydroxyl groups is 1. The van der Waals surface area contributed by atoms with Gasteiger partial charge in [-0.05, 0) is 53.4 Å². The quantitative estimate of drug-likeness (QED) is 0.512. The lowest BCUT2D eigenvalue weighted by Gasteiger charge is -2.47. The minimum Gasteiger partial charge on any atom is -0.443 e. The number of likely N-dealkylation sites (tertiary alicyclic amines) is 1. The fourth-order valence-electron chi connectivity index (χ4n) is 5.06. The molecule has 7 nitrogen and oxygen atoms in total. The summed E-state index contributed by atoms with van der Waals surface area (Å²) < 4.78 is 24.0. The van der Waals surface area contributed by atoms with Crippen LogP contribution in [-0.4, -0.2) is 79.0 Å². The summed E-state index contributed by atoms with van der Waals surface area (Å²) in [4.78, 5) is 14.4. The zero-order valence-corrected chi connectivity index (χ0v) is 18.5. The molecule has 29 heavy (non-hydrogen) atoms. The van der Waals surface area contributed by atoms with Crippen LogP contribution in [-0.2, 0) is 18.9 Å². The van der Waals surface area contributed by atoms with E-state index in [1.54, 1.807) is 12.0 Å². The molecule has 0 aromatic carbocycles. The molecule has 2 heterocycles. The van der Waals surface area contributed by atoms with Gasteiger partial charge in [0.1, 0.15) is 12.2 Å². The van der Waals surface area contributed by atoms with Gasteiger partial charge in [0.05, 0.1) is 37.1 Å². The van der Waals surface area contributed by atoms with Crippen LogP contribution in [0.4, 0.5) is 4.79 Å². The first-order chi connectivity index (χ1) is 13.7. The molecule has 3 aliphatic rings. The van der Waals surface area contributed by atoms with Gasteiger partial charge in [0.25, 0.3) is 0 Å². The van der Waals surface area contributed by atoms with E-state index in [4.69, 9.17) is 18.9 Å². The van der Waals surface area contributed by atoms with Crippen molar-refractivity contribution in [2.75, 3.05) is 33.5 Å². The zero-order valence-electron chi connectivity index (χ0n) is 18.5. The number of ether oxygens (including phenoxy) is 4. The van der Waals surface area contributed by atoms with Crippen molar-refractivity contribution in [3.63, 3.8) is 0 Å². The number of amides is 1. The molecule has 1 amide bonds. The third-order valence-electron chi connectivity index (χ3n) is 6.67. The van der Waals surface area contributed by atoms with Crippen molar-refractivity contribution in [3.05, 3.63) is 11.6 Å². The van der Waals surface area contributed by atoms with Gasteiger partial charge < -0.3 is 29.0 Å². The second-order valence-corrected chi connectivity index (χ2v) is 9.36. The van der Waals surface area contributed by atoms with Gasteiger partial charge in [0.15, 0.2) is 0 Å². The molecule has 2 aliphatic heterocycles. The number of epoxide rings is 1. The molecular weight excluding hydrogens is 374 g/mol. The molecule has 166 valence electrons. The predicted molar refractivity (Wildman–Crippen MR) is 109 cm³/mol. The Morgan fingerprint density at radius 2 is 2.07 bits per heavy atom. The molecule has 3 rings (SSSR count). The summed E-state index contributed by atoms with van der Waals surface area (Å²) in [5.41, 5.74) is 0.440. The second-order valence-electron chi connectivity index (χ2n) is 9.36. The molecule has 3 unspecified atom stereocenters. The molecule has 1 aliphatic carbocycles. The van der Waals surface area contributed by atoms with E-state index in [1.807, 2.05) is 13.8 Å². The van der Waals surface area contributed by atoms with E-state index in [9.17, 15) is 9.90 Å². The summed E-state index contributed by atoms with van der Waals surface area (Å²) in [6, 6.07) is -0.148. The van der Waals surface area contributed by atoms with Crippen molar-refractivity contribution in [2.24, 2.45) is 5.92 Å². The average Bonchev–Trinajstić information content (AvgIpc) is 3.25. The fraction of sp³-hybridized carbons (Fsp3) is 0.864. The number of aliphatic hydroxyl groups excluding tert-OH is 1. The molecule has 7 heteroatoms. The summed E-state index contributed by atoms with van der Waals surface area (Å²) in [6.07, 6.45) is 4.25. The van der Waals surface area contributed by atoms with Gasteiger partial charge in [-0.2, -0.15) is 0 Å². The highest BCUT2D eigenvalue weighted by molar-refractivity contribution is 5.68. The number of hydrogen-bond acceptors (Lipinski definition) is 6. The number of rotatable bonds is 7. The topological polar surface area (TPSA) is 80.8 Å². The van der Waals surface area contributed by atoms with Gasteiger partial charge in [-0.1, -0.05) is 11.6 Å². The SMILES string of the molecule is COC1C(OC(=O)N2CCC[C@H]2CO)CC[C@]2(CO2)C1C(C)(C)OCC=C(C)C. The minimum absolute atomic E-state index is 0.0295. The van der Waals surface area contributed by atoms with Crippen LogP contribution in [0.25, 0.3) is 0 Å². The van der Waals surface area contributed by atoms with Crippen LogP contribution in [0.2, 0.25) is 0 Å². The van der Waals surface area contributed by atoms with E-state index in [2.05, 4.69) is 19.9 Å². The Morgan fingerprint density at radius 3 is 2.66 bits per heavy atom. The Bertz CT molecular complexity index is 610. The summed E-state index contributed by atoms with van der Waals surface area (Å²) >= 11 is 0. The molecule has 0 bridgehead atoms. The molecule has 0 aromatic heterocycles. The molecule has 2 saturated heterocycles. The highest BCUT2D eigenvalue weighted by atomic mass is 16.6. The van der Waals surface area contributed by atoms with E-state index in [-0.39, 0.29) is 42.5 Å². The first-order valence-electron chi connectivity index (χ1n) is 10.8. The smallest absolute Gasteiger partial charge is 0.410 e. The van der Waals surface area contributed by atoms with Crippen molar-refractivity contribution >= 4 is 6.09 Å². The standard InChI is InChI=1S/C22H37NO6/c1-15(2)9-12-27-21(3,4)19-18(26-5)17(8-10-22(19)14-28-22)29-20(25)23-11-6-7-16(23)13-24/h9,16-19,24H,6-8,10-14H2,1-5H3/t16-,17?,18?,19?,22-/m0/s1. The van der Waals surface area contributed by atoms with Gasteiger partial charge >= 0.3 is 6.09 Å². The van der Waals surface area contributed by atoms with Crippen molar-refractivity contribution in [3.8, 4) is 0 Å². The van der Waals surface area contributed by atoms with Crippen LogP contribution in [0.15, 0.2) is 11.6 Å². The van der Waals surface area contributed by atoms with E-state index >= 15 is 0 Å². The number of nitrogens with zero attached hydrogens (tertiary/aromatic N) is 1. The normalized spacial score (nSPS) is 34.3. The second kappa shape index (κ2) is 8.92. The molecule has 1 spiro atoms. The van der Waals surface area contributed by atoms with E-state index in [1.165, 1.54) is 5.57 Å². The first-order valence-corrected chi connectivity index (χ1v) is 10.8. The van der Waals surface area contributed by atoms with E-state index < -0.39 is 5.60 Å². The highest BCUT2D eigenvalue weighted by Crippen LogP contribution is 2.52. The maximum Gasteiger partial charge on any atom is 0.410 e. The lowest BCUT2D eigenvalue weighted by molar-refractivity contribution is -0.174. The number of allylic oxidation sites excluding steroid dienone is 1. The van der Waals surface area contributed by atoms with Crippen LogP contribution in [0.5, 0.6) is 0 Å². The van der Waals surface area contributed by atoms with E-state index in [0.717, 1.165) is 19.3 Å². The van der Waals surface area contributed by atoms with Gasteiger partial charge in [-0.15, -0.1) is 0 Å². The molecule has 0 aromatic rings. The van der Waals surface area contributed by atoms with Crippen LogP contribution >= 0.6 is 0 Å². The molecule has 1 N–H and O–H groups in total. The van der Waals surface area contributed by atoms with Crippen LogP contribution in [0.1, 0.15) is 53.4 Å². The van der Waals surface area contributed by atoms with E-state index in [0.29, 0.717) is 26.2 Å². The Balaban J connectivity index is 1.73. The predicted octanol–water partition coefficient (Wildman–Crippen LogP) is 2.90. The number of hydrogen-bond donors (Lipinski definition) is 1. The summed E-state index contributed by atoms with van der Waals surface area (Å²) in [5, 5.41) is 9.52. The zero-order chi connectivity index (χ0) is 21.2. The molecule has 0 radical (unpaired) electrons. The van der Waals surface area contributed by atoms with Gasteiger partial charge in [0, 0.05) is 19.6 Å². The van der Waals surface area contributed by atoms with Crippen LogP contribution < -0.4 is 0 Å². The third-order valence-corrected chi connectivity index (χ3v) is 6.67. The van der Waals surface area contributed by atoms with Crippen LogP contribution in [0, 0.1) is 5.92 Å².